The quantitative estimate of drug-likeness (QED) is 0.867. The number of carbonyl (C=O) groups is 1. The van der Waals surface area contributed by atoms with Crippen molar-refractivity contribution in [3.63, 3.8) is 0 Å². The van der Waals surface area contributed by atoms with Crippen LogP contribution >= 0.6 is 11.6 Å². The van der Waals surface area contributed by atoms with Gasteiger partial charge in [0.25, 0.3) is 0 Å². The molecule has 0 fully saturated rings. The fourth-order valence-corrected chi connectivity index (χ4v) is 2.72. The predicted molar refractivity (Wildman–Crippen MR) is 92.6 cm³/mol. The highest BCUT2D eigenvalue weighted by Crippen LogP contribution is 2.26. The summed E-state index contributed by atoms with van der Waals surface area (Å²) in [5.41, 5.74) is 4.87. The molecular weight excluding hydrogens is 312 g/mol. The standard InChI is InChI=1S/C19H21ClO3/c1-11-8-12(2)13(3)17(9-11)23-18(19(21)22)10-15-6-5-7-16(20)14(15)4/h5-9,18H,10H2,1-4H3,(H,21,22)/t18-/m1/s1. The Kier molecular flexibility index (Phi) is 5.32. The van der Waals surface area contributed by atoms with Gasteiger partial charge in [-0.05, 0) is 67.6 Å². The molecule has 3 nitrogen and oxygen atoms in total. The Morgan fingerprint density at radius 2 is 1.87 bits per heavy atom. The van der Waals surface area contributed by atoms with Crippen LogP contribution in [0.2, 0.25) is 5.02 Å². The summed E-state index contributed by atoms with van der Waals surface area (Å²) in [6.07, 6.45) is -0.680. The molecule has 0 bridgehead atoms. The van der Waals surface area contributed by atoms with Gasteiger partial charge in [-0.15, -0.1) is 0 Å². The minimum atomic E-state index is -0.983. The summed E-state index contributed by atoms with van der Waals surface area (Å²) in [4.78, 5) is 11.6. The number of benzene rings is 2. The fraction of sp³-hybridized carbons (Fsp3) is 0.316. The van der Waals surface area contributed by atoms with Gasteiger partial charge in [0.2, 0.25) is 0 Å². The van der Waals surface area contributed by atoms with Crippen molar-refractivity contribution >= 4 is 17.6 Å². The Morgan fingerprint density at radius 1 is 1.17 bits per heavy atom. The van der Waals surface area contributed by atoms with E-state index in [4.69, 9.17) is 16.3 Å². The van der Waals surface area contributed by atoms with E-state index in [1.165, 1.54) is 0 Å². The molecule has 4 heteroatoms. The summed E-state index contributed by atoms with van der Waals surface area (Å²) < 4.78 is 5.82. The van der Waals surface area contributed by atoms with Gasteiger partial charge in [-0.25, -0.2) is 4.79 Å². The van der Waals surface area contributed by atoms with Crippen molar-refractivity contribution < 1.29 is 14.6 Å². The van der Waals surface area contributed by atoms with Gasteiger partial charge in [-0.3, -0.25) is 0 Å². The molecule has 1 atom stereocenters. The van der Waals surface area contributed by atoms with Gasteiger partial charge in [0.15, 0.2) is 6.10 Å². The molecule has 0 radical (unpaired) electrons. The summed E-state index contributed by atoms with van der Waals surface area (Å²) in [6, 6.07) is 9.44. The van der Waals surface area contributed by atoms with Gasteiger partial charge in [-0.1, -0.05) is 29.8 Å². The number of rotatable bonds is 5. The molecule has 1 N–H and O–H groups in total. The number of aliphatic carboxylic acids is 1. The molecule has 0 aromatic heterocycles. The second-order valence-corrected chi connectivity index (χ2v) is 6.28. The minimum Gasteiger partial charge on any atom is -0.478 e. The lowest BCUT2D eigenvalue weighted by molar-refractivity contribution is -0.145. The zero-order valence-corrected chi connectivity index (χ0v) is 14.6. The molecular formula is C19H21ClO3. The molecule has 2 aromatic carbocycles. The first-order valence-corrected chi connectivity index (χ1v) is 7.88. The Bertz CT molecular complexity index is 738. The molecule has 0 aliphatic carbocycles. The second kappa shape index (κ2) is 7.05. The first-order chi connectivity index (χ1) is 10.8. The molecule has 23 heavy (non-hydrogen) atoms. The topological polar surface area (TPSA) is 46.5 Å². The number of hydrogen-bond donors (Lipinski definition) is 1. The first kappa shape index (κ1) is 17.4. The normalized spacial score (nSPS) is 12.0. The maximum atomic E-state index is 11.6. The van der Waals surface area contributed by atoms with Crippen molar-refractivity contribution in [3.05, 3.63) is 63.2 Å². The Labute approximate surface area is 141 Å². The van der Waals surface area contributed by atoms with Crippen LogP contribution in [0.5, 0.6) is 5.75 Å². The number of hydrogen-bond acceptors (Lipinski definition) is 2. The highest BCUT2D eigenvalue weighted by molar-refractivity contribution is 6.31. The molecule has 0 saturated heterocycles. The number of halogens is 1. The molecule has 2 aromatic rings. The molecule has 0 aliphatic heterocycles. The molecule has 0 spiro atoms. The summed E-state index contributed by atoms with van der Waals surface area (Å²) >= 11 is 6.12. The molecule has 0 heterocycles. The van der Waals surface area contributed by atoms with Crippen molar-refractivity contribution in [2.24, 2.45) is 0 Å². The van der Waals surface area contributed by atoms with E-state index in [1.54, 1.807) is 6.07 Å². The van der Waals surface area contributed by atoms with Crippen LogP contribution in [0.25, 0.3) is 0 Å². The number of carboxylic acids is 1. The third-order valence-electron chi connectivity index (χ3n) is 4.09. The van der Waals surface area contributed by atoms with E-state index in [9.17, 15) is 9.90 Å². The molecule has 122 valence electrons. The molecule has 0 saturated carbocycles. The van der Waals surface area contributed by atoms with E-state index in [2.05, 4.69) is 6.07 Å². The maximum Gasteiger partial charge on any atom is 0.345 e. The number of aryl methyl sites for hydroxylation is 2. The minimum absolute atomic E-state index is 0.272. The predicted octanol–water partition coefficient (Wildman–Crippen LogP) is 4.65. The van der Waals surface area contributed by atoms with Crippen LogP contribution in [0, 0.1) is 27.7 Å². The largest absolute Gasteiger partial charge is 0.478 e. The molecule has 0 amide bonds. The number of carboxylic acid groups (broad SMARTS) is 1. The zero-order chi connectivity index (χ0) is 17.1. The van der Waals surface area contributed by atoms with E-state index in [0.717, 1.165) is 27.8 Å². The fourth-order valence-electron chi connectivity index (χ4n) is 2.53. The number of ether oxygens (including phenoxy) is 1. The summed E-state index contributed by atoms with van der Waals surface area (Å²) in [7, 11) is 0. The van der Waals surface area contributed by atoms with Crippen molar-refractivity contribution in [1.29, 1.82) is 0 Å². The Hall–Kier alpha value is -2.00. The van der Waals surface area contributed by atoms with Crippen LogP contribution in [-0.4, -0.2) is 17.2 Å². The van der Waals surface area contributed by atoms with Crippen LogP contribution in [0.3, 0.4) is 0 Å². The lowest BCUT2D eigenvalue weighted by Crippen LogP contribution is -2.30. The molecule has 2 rings (SSSR count). The van der Waals surface area contributed by atoms with E-state index < -0.39 is 12.1 Å². The van der Waals surface area contributed by atoms with Gasteiger partial charge < -0.3 is 9.84 Å². The van der Waals surface area contributed by atoms with E-state index in [0.29, 0.717) is 10.8 Å². The monoisotopic (exact) mass is 332 g/mol. The average molecular weight is 333 g/mol. The molecule has 0 aliphatic rings. The highest BCUT2D eigenvalue weighted by atomic mass is 35.5. The van der Waals surface area contributed by atoms with Gasteiger partial charge in [-0.2, -0.15) is 0 Å². The van der Waals surface area contributed by atoms with Crippen LogP contribution in [0.1, 0.15) is 27.8 Å². The summed E-state index contributed by atoms with van der Waals surface area (Å²) in [5, 5.41) is 10.2. The lowest BCUT2D eigenvalue weighted by Gasteiger charge is -2.19. The second-order valence-electron chi connectivity index (χ2n) is 5.88. The van der Waals surface area contributed by atoms with Crippen LogP contribution in [-0.2, 0) is 11.2 Å². The van der Waals surface area contributed by atoms with Crippen LogP contribution < -0.4 is 4.74 Å². The third kappa shape index (κ3) is 4.05. The van der Waals surface area contributed by atoms with Crippen molar-refractivity contribution in [2.45, 2.75) is 40.2 Å². The summed E-state index contributed by atoms with van der Waals surface area (Å²) in [5.74, 6) is -0.363. The van der Waals surface area contributed by atoms with E-state index in [1.807, 2.05) is 45.9 Å². The van der Waals surface area contributed by atoms with Gasteiger partial charge in [0, 0.05) is 11.4 Å². The maximum absolute atomic E-state index is 11.6. The third-order valence-corrected chi connectivity index (χ3v) is 4.50. The van der Waals surface area contributed by atoms with E-state index >= 15 is 0 Å². The van der Waals surface area contributed by atoms with Crippen molar-refractivity contribution in [1.82, 2.24) is 0 Å². The average Bonchev–Trinajstić information content (AvgIpc) is 2.47. The van der Waals surface area contributed by atoms with Crippen molar-refractivity contribution in [3.8, 4) is 5.75 Å². The zero-order valence-electron chi connectivity index (χ0n) is 13.8. The van der Waals surface area contributed by atoms with Crippen LogP contribution in [0.15, 0.2) is 30.3 Å². The van der Waals surface area contributed by atoms with Crippen LogP contribution in [0.4, 0.5) is 0 Å². The molecule has 0 unspecified atom stereocenters. The van der Waals surface area contributed by atoms with Gasteiger partial charge in [0.1, 0.15) is 5.75 Å². The van der Waals surface area contributed by atoms with Gasteiger partial charge in [0.05, 0.1) is 0 Å². The first-order valence-electron chi connectivity index (χ1n) is 7.51. The van der Waals surface area contributed by atoms with Crippen molar-refractivity contribution in [2.75, 3.05) is 0 Å². The highest BCUT2D eigenvalue weighted by Gasteiger charge is 2.22. The Morgan fingerprint density at radius 3 is 2.52 bits per heavy atom. The van der Waals surface area contributed by atoms with E-state index in [-0.39, 0.29) is 6.42 Å². The van der Waals surface area contributed by atoms with Gasteiger partial charge >= 0.3 is 5.97 Å². The summed E-state index contributed by atoms with van der Waals surface area (Å²) in [6.45, 7) is 7.79. The lowest BCUT2D eigenvalue weighted by atomic mass is 10.0. The smallest absolute Gasteiger partial charge is 0.345 e. The SMILES string of the molecule is Cc1cc(C)c(C)c(O[C@H](Cc2cccc(Cl)c2C)C(=O)O)c1. The Balaban J connectivity index is 2.30.